The lowest BCUT2D eigenvalue weighted by Gasteiger charge is -2.19. The average Bonchev–Trinajstić information content (AvgIpc) is 2.32. The Morgan fingerprint density at radius 2 is 2.05 bits per heavy atom. The van der Waals surface area contributed by atoms with Gasteiger partial charge >= 0.3 is 0 Å². The molecular formula is C12H18BrFN2O3S. The number of nitrogen functional groups attached to an aromatic ring is 1. The number of halogens is 2. The second kappa shape index (κ2) is 6.84. The smallest absolute Gasteiger partial charge is 0.244 e. The quantitative estimate of drug-likeness (QED) is 0.781. The van der Waals surface area contributed by atoms with Crippen LogP contribution in [0.15, 0.2) is 21.5 Å². The summed E-state index contributed by atoms with van der Waals surface area (Å²) in [6, 6.07) is 2.15. The molecular weight excluding hydrogens is 351 g/mol. The molecule has 20 heavy (non-hydrogen) atoms. The molecule has 0 aliphatic carbocycles. The first-order valence-electron chi connectivity index (χ1n) is 5.98. The van der Waals surface area contributed by atoms with Crippen LogP contribution in [0.3, 0.4) is 0 Å². The van der Waals surface area contributed by atoms with Gasteiger partial charge in [0, 0.05) is 18.1 Å². The highest BCUT2D eigenvalue weighted by Gasteiger charge is 2.24. The molecule has 1 rings (SSSR count). The zero-order chi connectivity index (χ0) is 15.5. The van der Waals surface area contributed by atoms with Gasteiger partial charge in [0.15, 0.2) is 0 Å². The Balaban J connectivity index is 2.96. The van der Waals surface area contributed by atoms with Gasteiger partial charge in [-0.3, -0.25) is 0 Å². The van der Waals surface area contributed by atoms with Crippen molar-refractivity contribution in [2.75, 3.05) is 25.9 Å². The zero-order valence-electron chi connectivity index (χ0n) is 11.6. The van der Waals surface area contributed by atoms with Crippen LogP contribution in [0.25, 0.3) is 0 Å². The van der Waals surface area contributed by atoms with E-state index in [-0.39, 0.29) is 34.3 Å². The molecule has 0 atom stereocenters. The Bertz CT molecular complexity index is 578. The Labute approximate surface area is 127 Å². The number of hydrogen-bond acceptors (Lipinski definition) is 4. The fourth-order valence-corrected chi connectivity index (χ4v) is 3.61. The van der Waals surface area contributed by atoms with Gasteiger partial charge in [-0.05, 0) is 41.9 Å². The largest absolute Gasteiger partial charge is 0.396 e. The molecule has 0 spiro atoms. The fraction of sp³-hybridized carbons (Fsp3) is 0.500. The maximum atomic E-state index is 13.3. The third kappa shape index (κ3) is 4.15. The Hall–Kier alpha value is -0.700. The Morgan fingerprint density at radius 3 is 2.60 bits per heavy atom. The molecule has 114 valence electrons. The van der Waals surface area contributed by atoms with Crippen molar-refractivity contribution in [3.63, 3.8) is 0 Å². The van der Waals surface area contributed by atoms with Crippen LogP contribution in [-0.2, 0) is 14.8 Å². The normalized spacial score (nSPS) is 12.3. The van der Waals surface area contributed by atoms with Crippen LogP contribution in [0.4, 0.5) is 10.1 Å². The van der Waals surface area contributed by atoms with Gasteiger partial charge < -0.3 is 10.5 Å². The summed E-state index contributed by atoms with van der Waals surface area (Å²) in [5.74, 6) is -0.665. The van der Waals surface area contributed by atoms with E-state index in [0.717, 1.165) is 16.4 Å². The molecule has 0 saturated heterocycles. The highest BCUT2D eigenvalue weighted by Crippen LogP contribution is 2.28. The number of benzene rings is 1. The standard InChI is InChI=1S/C12H18BrFN2O3S/c1-8(2)19-5-4-16(3)20(17,18)12-7-11(15)10(14)6-9(12)13/h6-8H,4-5,15H2,1-3H3. The molecule has 0 bridgehead atoms. The number of rotatable bonds is 6. The zero-order valence-corrected chi connectivity index (χ0v) is 14.0. The van der Waals surface area contributed by atoms with Crippen LogP contribution < -0.4 is 5.73 Å². The van der Waals surface area contributed by atoms with E-state index in [9.17, 15) is 12.8 Å². The van der Waals surface area contributed by atoms with Crippen molar-refractivity contribution in [2.45, 2.75) is 24.8 Å². The molecule has 0 fully saturated rings. The minimum Gasteiger partial charge on any atom is -0.396 e. The summed E-state index contributed by atoms with van der Waals surface area (Å²) in [6.07, 6.45) is 0.0271. The fourth-order valence-electron chi connectivity index (χ4n) is 1.45. The lowest BCUT2D eigenvalue weighted by atomic mass is 10.3. The molecule has 0 heterocycles. The van der Waals surface area contributed by atoms with Crippen LogP contribution in [0.1, 0.15) is 13.8 Å². The van der Waals surface area contributed by atoms with E-state index in [4.69, 9.17) is 10.5 Å². The van der Waals surface area contributed by atoms with Gasteiger partial charge in [-0.15, -0.1) is 0 Å². The minimum absolute atomic E-state index is 0.0271. The molecule has 1 aromatic carbocycles. The highest BCUT2D eigenvalue weighted by molar-refractivity contribution is 9.10. The van der Waals surface area contributed by atoms with Crippen LogP contribution >= 0.6 is 15.9 Å². The Kier molecular flexibility index (Phi) is 5.93. The van der Waals surface area contributed by atoms with Crippen LogP contribution in [0.5, 0.6) is 0 Å². The average molecular weight is 369 g/mol. The predicted molar refractivity (Wildman–Crippen MR) is 79.4 cm³/mol. The minimum atomic E-state index is -3.75. The first kappa shape index (κ1) is 17.4. The highest BCUT2D eigenvalue weighted by atomic mass is 79.9. The van der Waals surface area contributed by atoms with Crippen LogP contribution in [-0.4, -0.2) is 39.0 Å². The lowest BCUT2D eigenvalue weighted by molar-refractivity contribution is 0.0737. The number of sulfonamides is 1. The summed E-state index contributed by atoms with van der Waals surface area (Å²) in [7, 11) is -2.31. The van der Waals surface area contributed by atoms with Crippen molar-refractivity contribution < 1.29 is 17.5 Å². The maximum Gasteiger partial charge on any atom is 0.244 e. The molecule has 1 aromatic rings. The second-order valence-corrected chi connectivity index (χ2v) is 7.42. The first-order chi connectivity index (χ1) is 9.16. The molecule has 8 heteroatoms. The van der Waals surface area contributed by atoms with E-state index in [2.05, 4.69) is 15.9 Å². The monoisotopic (exact) mass is 368 g/mol. The first-order valence-corrected chi connectivity index (χ1v) is 8.22. The number of nitrogens with zero attached hydrogens (tertiary/aromatic N) is 1. The summed E-state index contributed by atoms with van der Waals surface area (Å²) in [5, 5.41) is 0. The van der Waals surface area contributed by atoms with Gasteiger partial charge in [0.25, 0.3) is 0 Å². The van der Waals surface area contributed by atoms with Crippen molar-refractivity contribution in [1.82, 2.24) is 4.31 Å². The van der Waals surface area contributed by atoms with E-state index in [0.29, 0.717) is 0 Å². The number of anilines is 1. The number of ether oxygens (including phenoxy) is 1. The van der Waals surface area contributed by atoms with E-state index < -0.39 is 15.8 Å². The molecule has 5 nitrogen and oxygen atoms in total. The third-order valence-electron chi connectivity index (χ3n) is 2.60. The number of hydrogen-bond donors (Lipinski definition) is 1. The molecule has 0 aromatic heterocycles. The topological polar surface area (TPSA) is 72.6 Å². The summed E-state index contributed by atoms with van der Waals surface area (Å²) >= 11 is 3.04. The molecule has 0 aliphatic heterocycles. The third-order valence-corrected chi connectivity index (χ3v) is 5.41. The van der Waals surface area contributed by atoms with Gasteiger partial charge in [0.1, 0.15) is 5.82 Å². The van der Waals surface area contributed by atoms with E-state index in [1.807, 2.05) is 13.8 Å². The van der Waals surface area contributed by atoms with Gasteiger partial charge in [0.2, 0.25) is 10.0 Å². The van der Waals surface area contributed by atoms with Gasteiger partial charge in [-0.1, -0.05) is 0 Å². The SMILES string of the molecule is CC(C)OCCN(C)S(=O)(=O)c1cc(N)c(F)cc1Br. The molecule has 2 N–H and O–H groups in total. The van der Waals surface area contributed by atoms with Crippen LogP contribution in [0.2, 0.25) is 0 Å². The molecule has 0 amide bonds. The van der Waals surface area contributed by atoms with Crippen molar-refractivity contribution >= 4 is 31.6 Å². The molecule has 0 unspecified atom stereocenters. The molecule has 0 aliphatic rings. The Morgan fingerprint density at radius 1 is 1.45 bits per heavy atom. The lowest BCUT2D eigenvalue weighted by Crippen LogP contribution is -2.31. The van der Waals surface area contributed by atoms with E-state index >= 15 is 0 Å². The number of nitrogens with two attached hydrogens (primary N) is 1. The predicted octanol–water partition coefficient (Wildman–Crippen LogP) is 2.22. The van der Waals surface area contributed by atoms with Gasteiger partial charge in [-0.25, -0.2) is 12.8 Å². The van der Waals surface area contributed by atoms with Crippen LogP contribution in [0, 0.1) is 5.82 Å². The van der Waals surface area contributed by atoms with E-state index in [1.165, 1.54) is 7.05 Å². The summed E-state index contributed by atoms with van der Waals surface area (Å²) in [6.45, 7) is 4.21. The summed E-state index contributed by atoms with van der Waals surface area (Å²) in [5.41, 5.74) is 5.21. The summed E-state index contributed by atoms with van der Waals surface area (Å²) < 4.78 is 44.6. The van der Waals surface area contributed by atoms with Gasteiger partial charge in [-0.2, -0.15) is 4.31 Å². The van der Waals surface area contributed by atoms with Crippen molar-refractivity contribution in [1.29, 1.82) is 0 Å². The molecule has 0 radical (unpaired) electrons. The maximum absolute atomic E-state index is 13.3. The van der Waals surface area contributed by atoms with Gasteiger partial charge in [0.05, 0.1) is 23.3 Å². The van der Waals surface area contributed by atoms with Crippen molar-refractivity contribution in [3.05, 3.63) is 22.4 Å². The van der Waals surface area contributed by atoms with E-state index in [1.54, 1.807) is 0 Å². The van der Waals surface area contributed by atoms with Crippen molar-refractivity contribution in [2.24, 2.45) is 0 Å². The molecule has 0 saturated carbocycles. The second-order valence-electron chi connectivity index (χ2n) is 4.55. The van der Waals surface area contributed by atoms with Crippen molar-refractivity contribution in [3.8, 4) is 0 Å². The summed E-state index contributed by atoms with van der Waals surface area (Å²) in [4.78, 5) is -0.0663. The number of likely N-dealkylation sites (N-methyl/N-ethyl adjacent to an activating group) is 1.